The molecule has 0 bridgehead atoms. The summed E-state index contributed by atoms with van der Waals surface area (Å²) < 4.78 is 10.9. The Morgan fingerprint density at radius 3 is 2.23 bits per heavy atom. The van der Waals surface area contributed by atoms with Crippen LogP contribution in [0.2, 0.25) is 0 Å². The van der Waals surface area contributed by atoms with Gasteiger partial charge in [0.25, 0.3) is 5.91 Å². The van der Waals surface area contributed by atoms with Gasteiger partial charge in [-0.05, 0) is 35.1 Å². The van der Waals surface area contributed by atoms with Gasteiger partial charge >= 0.3 is 0 Å². The largest absolute Gasteiger partial charge is 0.496 e. The second-order valence-electron chi connectivity index (χ2n) is 7.64. The highest BCUT2D eigenvalue weighted by atomic mass is 16.5. The van der Waals surface area contributed by atoms with Crippen molar-refractivity contribution in [2.24, 2.45) is 0 Å². The van der Waals surface area contributed by atoms with Crippen molar-refractivity contribution in [3.8, 4) is 11.5 Å². The van der Waals surface area contributed by atoms with Crippen LogP contribution in [0.1, 0.15) is 79.9 Å². The Morgan fingerprint density at radius 2 is 1.71 bits per heavy atom. The van der Waals surface area contributed by atoms with Crippen molar-refractivity contribution in [2.75, 3.05) is 27.9 Å². The van der Waals surface area contributed by atoms with Crippen LogP contribution in [0.5, 0.6) is 11.5 Å². The summed E-state index contributed by atoms with van der Waals surface area (Å²) in [6, 6.07) is 11.7. The number of hydrogen-bond acceptors (Lipinski definition) is 4. The van der Waals surface area contributed by atoms with E-state index in [4.69, 9.17) is 9.47 Å². The predicted molar refractivity (Wildman–Crippen MR) is 127 cm³/mol. The minimum atomic E-state index is -0.106. The molecule has 0 spiro atoms. The van der Waals surface area contributed by atoms with Crippen LogP contribution in [0.15, 0.2) is 36.4 Å². The van der Waals surface area contributed by atoms with Crippen molar-refractivity contribution in [2.45, 2.75) is 59.4 Å². The molecule has 0 radical (unpaired) electrons. The number of carbonyl (C=O) groups excluding carboxylic acids is 1. The van der Waals surface area contributed by atoms with Gasteiger partial charge in [0.05, 0.1) is 19.8 Å². The van der Waals surface area contributed by atoms with Crippen molar-refractivity contribution >= 4 is 5.91 Å². The van der Waals surface area contributed by atoms with E-state index < -0.39 is 0 Å². The van der Waals surface area contributed by atoms with Crippen LogP contribution in [0.3, 0.4) is 0 Å². The first-order valence-corrected chi connectivity index (χ1v) is 11.1. The van der Waals surface area contributed by atoms with Gasteiger partial charge in [-0.15, -0.1) is 0 Å². The summed E-state index contributed by atoms with van der Waals surface area (Å²) in [4.78, 5) is 14.9. The van der Waals surface area contributed by atoms with Gasteiger partial charge in [-0.1, -0.05) is 58.9 Å². The van der Waals surface area contributed by atoms with Crippen LogP contribution in [0, 0.1) is 0 Å². The average Bonchev–Trinajstić information content (AvgIpc) is 2.79. The molecule has 5 nitrogen and oxygen atoms in total. The van der Waals surface area contributed by atoms with Crippen molar-refractivity contribution in [3.05, 3.63) is 58.7 Å². The molecule has 0 aliphatic rings. The van der Waals surface area contributed by atoms with Crippen LogP contribution >= 0.6 is 0 Å². The third kappa shape index (κ3) is 6.73. The fourth-order valence-corrected chi connectivity index (χ4v) is 3.51. The Balaban J connectivity index is 0.00000233. The van der Waals surface area contributed by atoms with E-state index >= 15 is 0 Å². The molecular formula is C26H39NO4. The predicted octanol–water partition coefficient (Wildman–Crippen LogP) is 5.61. The lowest BCUT2D eigenvalue weighted by atomic mass is 9.95. The van der Waals surface area contributed by atoms with E-state index in [9.17, 15) is 9.90 Å². The Hall–Kier alpha value is -2.53. The number of nitrogens with zero attached hydrogens (tertiary/aromatic N) is 1. The molecule has 0 aromatic heterocycles. The standard InChI is InChI=1S/C24H33NO4.C2H6/c1-7-18(15-26)19-10-8-9-17(11-19)14-25(4)24(27)21-12-20(16(2)3)22(28-5)13-23(21)29-6;1-2/h8-13,16,18,26H,7,14-15H2,1-6H3;1-2H3. The first-order valence-electron chi connectivity index (χ1n) is 11.1. The molecule has 5 heteroatoms. The molecule has 0 saturated carbocycles. The van der Waals surface area contributed by atoms with Gasteiger partial charge in [0.2, 0.25) is 0 Å². The fourth-order valence-electron chi connectivity index (χ4n) is 3.51. The maximum atomic E-state index is 13.2. The molecule has 31 heavy (non-hydrogen) atoms. The van der Waals surface area contributed by atoms with Crippen molar-refractivity contribution in [1.82, 2.24) is 4.90 Å². The van der Waals surface area contributed by atoms with E-state index in [-0.39, 0.29) is 24.3 Å². The van der Waals surface area contributed by atoms with E-state index in [1.807, 2.05) is 38.1 Å². The molecule has 1 N–H and O–H groups in total. The number of methoxy groups -OCH3 is 2. The first kappa shape index (κ1) is 26.5. The van der Waals surface area contributed by atoms with Gasteiger partial charge in [-0.25, -0.2) is 0 Å². The first-order chi connectivity index (χ1) is 14.9. The Labute approximate surface area is 188 Å². The molecule has 2 aromatic rings. The second-order valence-corrected chi connectivity index (χ2v) is 7.64. The average molecular weight is 430 g/mol. The molecule has 1 atom stereocenters. The highest BCUT2D eigenvalue weighted by Crippen LogP contribution is 2.34. The van der Waals surface area contributed by atoms with E-state index in [1.54, 1.807) is 32.2 Å². The molecule has 0 aliphatic carbocycles. The van der Waals surface area contributed by atoms with E-state index in [1.165, 1.54) is 0 Å². The Bertz CT molecular complexity index is 828. The van der Waals surface area contributed by atoms with E-state index in [0.29, 0.717) is 17.9 Å². The van der Waals surface area contributed by atoms with E-state index in [2.05, 4.69) is 26.8 Å². The van der Waals surface area contributed by atoms with Crippen LogP contribution in [0.25, 0.3) is 0 Å². The quantitative estimate of drug-likeness (QED) is 0.563. The molecule has 0 heterocycles. The van der Waals surface area contributed by atoms with Gasteiger partial charge in [-0.3, -0.25) is 4.79 Å². The SMILES string of the molecule is CC.CCC(CO)c1cccc(CN(C)C(=O)c2cc(C(C)C)c(OC)cc2OC)c1. The lowest BCUT2D eigenvalue weighted by Crippen LogP contribution is -2.27. The summed E-state index contributed by atoms with van der Waals surface area (Å²) in [5.41, 5.74) is 3.62. The molecule has 2 aromatic carbocycles. The van der Waals surface area contributed by atoms with E-state index in [0.717, 1.165) is 28.9 Å². The molecule has 172 valence electrons. The number of amides is 1. The number of benzene rings is 2. The highest BCUT2D eigenvalue weighted by molar-refractivity contribution is 5.97. The van der Waals surface area contributed by atoms with Gasteiger partial charge in [0.15, 0.2) is 0 Å². The number of hydrogen-bond donors (Lipinski definition) is 1. The smallest absolute Gasteiger partial charge is 0.257 e. The minimum Gasteiger partial charge on any atom is -0.496 e. The summed E-state index contributed by atoms with van der Waals surface area (Å²) >= 11 is 0. The van der Waals surface area contributed by atoms with Gasteiger partial charge in [0.1, 0.15) is 11.5 Å². The van der Waals surface area contributed by atoms with Gasteiger partial charge in [-0.2, -0.15) is 0 Å². The molecule has 0 fully saturated rings. The second kappa shape index (κ2) is 13.0. The summed E-state index contributed by atoms with van der Waals surface area (Å²) in [5.74, 6) is 1.45. The zero-order chi connectivity index (χ0) is 23.6. The van der Waals surface area contributed by atoms with Crippen molar-refractivity contribution in [3.63, 3.8) is 0 Å². The molecule has 0 aliphatic heterocycles. The Morgan fingerprint density at radius 1 is 1.06 bits per heavy atom. The van der Waals surface area contributed by atoms with Gasteiger partial charge < -0.3 is 19.5 Å². The summed E-state index contributed by atoms with van der Waals surface area (Å²) in [6.45, 7) is 10.8. The molecule has 1 unspecified atom stereocenters. The number of ether oxygens (including phenoxy) is 2. The molecule has 1 amide bonds. The molecule has 0 saturated heterocycles. The van der Waals surface area contributed by atoms with Crippen molar-refractivity contribution < 1.29 is 19.4 Å². The maximum absolute atomic E-state index is 13.2. The zero-order valence-corrected chi connectivity index (χ0v) is 20.4. The Kier molecular flexibility index (Phi) is 11.1. The summed E-state index contributed by atoms with van der Waals surface area (Å²) in [6.07, 6.45) is 0.871. The van der Waals surface area contributed by atoms with Crippen LogP contribution in [-0.4, -0.2) is 43.8 Å². The van der Waals surface area contributed by atoms with Crippen molar-refractivity contribution in [1.29, 1.82) is 0 Å². The third-order valence-corrected chi connectivity index (χ3v) is 5.31. The molecule has 2 rings (SSSR count). The lowest BCUT2D eigenvalue weighted by Gasteiger charge is -2.22. The maximum Gasteiger partial charge on any atom is 0.257 e. The van der Waals surface area contributed by atoms with Crippen LogP contribution in [-0.2, 0) is 6.54 Å². The lowest BCUT2D eigenvalue weighted by molar-refractivity contribution is 0.0781. The summed E-state index contributed by atoms with van der Waals surface area (Å²) in [5, 5.41) is 9.57. The zero-order valence-electron chi connectivity index (χ0n) is 20.4. The highest BCUT2D eigenvalue weighted by Gasteiger charge is 2.21. The number of rotatable bonds is 9. The minimum absolute atomic E-state index is 0.106. The fraction of sp³-hybridized carbons (Fsp3) is 0.500. The monoisotopic (exact) mass is 429 g/mol. The van der Waals surface area contributed by atoms with Crippen LogP contribution < -0.4 is 9.47 Å². The number of aliphatic hydroxyl groups excluding tert-OH is 1. The van der Waals surface area contributed by atoms with Gasteiger partial charge in [0, 0.05) is 32.2 Å². The topological polar surface area (TPSA) is 59.0 Å². The van der Waals surface area contributed by atoms with Crippen LogP contribution in [0.4, 0.5) is 0 Å². The summed E-state index contributed by atoms with van der Waals surface area (Å²) in [7, 11) is 4.97. The molecular weight excluding hydrogens is 390 g/mol. The number of aliphatic hydroxyl groups is 1. The normalized spacial score (nSPS) is 11.4. The number of carbonyl (C=O) groups is 1. The third-order valence-electron chi connectivity index (χ3n) is 5.31.